The summed E-state index contributed by atoms with van der Waals surface area (Å²) in [6.07, 6.45) is -0.566. The minimum absolute atomic E-state index is 0.0844. The van der Waals surface area contributed by atoms with Gasteiger partial charge in [-0.15, -0.1) is 0 Å². The van der Waals surface area contributed by atoms with Crippen LogP contribution in [0.25, 0.3) is 0 Å². The van der Waals surface area contributed by atoms with Crippen LogP contribution in [0.4, 0.5) is 0 Å². The van der Waals surface area contributed by atoms with Crippen molar-refractivity contribution in [1.29, 1.82) is 0 Å². The fraction of sp³-hybridized carbons (Fsp3) is 0.591. The first-order valence-electron chi connectivity index (χ1n) is 9.67. The predicted octanol–water partition coefficient (Wildman–Crippen LogP) is 2.76. The lowest BCUT2D eigenvalue weighted by atomic mass is 10.1. The van der Waals surface area contributed by atoms with Crippen LogP contribution >= 0.6 is 0 Å². The highest BCUT2D eigenvalue weighted by atomic mass is 16.7. The van der Waals surface area contributed by atoms with Crippen molar-refractivity contribution in [3.8, 4) is 23.3 Å². The first kappa shape index (κ1) is 24.0. The second-order valence-corrected chi connectivity index (χ2v) is 8.36. The van der Waals surface area contributed by atoms with Gasteiger partial charge in [0.05, 0.1) is 27.4 Å². The molecule has 166 valence electrons. The van der Waals surface area contributed by atoms with Crippen LogP contribution in [-0.4, -0.2) is 60.6 Å². The molecular weight excluding hydrogens is 390 g/mol. The van der Waals surface area contributed by atoms with Gasteiger partial charge < -0.3 is 28.9 Å². The van der Waals surface area contributed by atoms with Gasteiger partial charge in [-0.25, -0.2) is 4.79 Å². The molecule has 1 N–H and O–H groups in total. The number of esters is 1. The van der Waals surface area contributed by atoms with E-state index in [4.69, 9.17) is 23.7 Å². The fourth-order valence-electron chi connectivity index (χ4n) is 2.92. The van der Waals surface area contributed by atoms with Gasteiger partial charge in [0.15, 0.2) is 5.79 Å². The van der Waals surface area contributed by atoms with Crippen molar-refractivity contribution in [3.63, 3.8) is 0 Å². The molecule has 1 aliphatic rings. The second kappa shape index (κ2) is 9.67. The third-order valence-corrected chi connectivity index (χ3v) is 4.25. The lowest BCUT2D eigenvalue weighted by molar-refractivity contribution is -0.176. The Morgan fingerprint density at radius 3 is 2.57 bits per heavy atom. The molecule has 0 saturated carbocycles. The zero-order chi connectivity index (χ0) is 22.5. The Hall–Kier alpha value is -2.31. The zero-order valence-electron chi connectivity index (χ0n) is 18.6. The van der Waals surface area contributed by atoms with Crippen molar-refractivity contribution in [2.45, 2.75) is 64.7 Å². The van der Waals surface area contributed by atoms with E-state index in [-0.39, 0.29) is 13.2 Å². The van der Waals surface area contributed by atoms with E-state index in [1.807, 2.05) is 0 Å². The minimum Gasteiger partial charge on any atom is -0.497 e. The number of hydroxylamine groups is 2. The van der Waals surface area contributed by atoms with E-state index in [9.17, 15) is 10.0 Å². The van der Waals surface area contributed by atoms with Gasteiger partial charge in [-0.05, 0) is 40.7 Å². The number of nitrogens with zero attached hydrogens (tertiary/aromatic N) is 1. The molecule has 0 aliphatic carbocycles. The highest BCUT2D eigenvalue weighted by molar-refractivity contribution is 5.88. The van der Waals surface area contributed by atoms with Gasteiger partial charge in [0, 0.05) is 17.6 Å². The third kappa shape index (κ3) is 6.89. The maximum Gasteiger partial charge on any atom is 0.384 e. The molecular formula is C22H31NO7. The molecule has 1 saturated heterocycles. The quantitative estimate of drug-likeness (QED) is 0.325. The number of ether oxygens (including phenoxy) is 5. The molecule has 30 heavy (non-hydrogen) atoms. The molecule has 1 heterocycles. The molecule has 1 aromatic rings. The van der Waals surface area contributed by atoms with Crippen molar-refractivity contribution in [2.75, 3.05) is 20.8 Å². The van der Waals surface area contributed by atoms with Crippen molar-refractivity contribution in [1.82, 2.24) is 5.06 Å². The summed E-state index contributed by atoms with van der Waals surface area (Å²) < 4.78 is 27.3. The lowest BCUT2D eigenvalue weighted by Crippen LogP contribution is -2.42. The van der Waals surface area contributed by atoms with E-state index in [1.54, 1.807) is 59.9 Å². The zero-order valence-corrected chi connectivity index (χ0v) is 18.6. The van der Waals surface area contributed by atoms with E-state index < -0.39 is 29.5 Å². The van der Waals surface area contributed by atoms with Gasteiger partial charge in [0.25, 0.3) is 0 Å². The summed E-state index contributed by atoms with van der Waals surface area (Å²) in [5.74, 6) is 4.94. The van der Waals surface area contributed by atoms with Crippen molar-refractivity contribution in [3.05, 3.63) is 23.8 Å². The van der Waals surface area contributed by atoms with Gasteiger partial charge in [-0.1, -0.05) is 12.0 Å². The molecule has 0 radical (unpaired) electrons. The molecule has 2 atom stereocenters. The average Bonchev–Trinajstić information content (AvgIpc) is 3.00. The van der Waals surface area contributed by atoms with Crippen LogP contribution in [0.15, 0.2) is 18.2 Å². The minimum atomic E-state index is -0.828. The van der Waals surface area contributed by atoms with E-state index in [0.29, 0.717) is 17.1 Å². The molecule has 1 aliphatic heterocycles. The summed E-state index contributed by atoms with van der Waals surface area (Å²) in [6, 6.07) is 4.45. The van der Waals surface area contributed by atoms with Crippen molar-refractivity contribution < 1.29 is 33.7 Å². The highest BCUT2D eigenvalue weighted by Gasteiger charge is 2.39. The Bertz CT molecular complexity index is 804. The summed E-state index contributed by atoms with van der Waals surface area (Å²) in [4.78, 5) is 12.1. The molecule has 1 fully saturated rings. The predicted molar refractivity (Wildman–Crippen MR) is 109 cm³/mol. The van der Waals surface area contributed by atoms with Crippen molar-refractivity contribution >= 4 is 5.97 Å². The van der Waals surface area contributed by atoms with Crippen LogP contribution < -0.4 is 9.47 Å². The second-order valence-electron chi connectivity index (χ2n) is 8.36. The molecule has 2 rings (SSSR count). The molecule has 8 heteroatoms. The number of benzene rings is 1. The summed E-state index contributed by atoms with van der Waals surface area (Å²) >= 11 is 0. The topological polar surface area (TPSA) is 86.7 Å². The smallest absolute Gasteiger partial charge is 0.384 e. The Morgan fingerprint density at radius 1 is 1.33 bits per heavy atom. The number of rotatable bonds is 6. The fourth-order valence-corrected chi connectivity index (χ4v) is 2.92. The van der Waals surface area contributed by atoms with Gasteiger partial charge >= 0.3 is 5.97 Å². The number of methoxy groups -OCH3 is 2. The largest absolute Gasteiger partial charge is 0.497 e. The normalized spacial score (nSPS) is 19.0. The first-order valence-corrected chi connectivity index (χ1v) is 9.67. The Labute approximate surface area is 178 Å². The molecule has 1 aromatic carbocycles. The van der Waals surface area contributed by atoms with Crippen LogP contribution in [0.3, 0.4) is 0 Å². The Kier molecular flexibility index (Phi) is 7.72. The molecule has 8 nitrogen and oxygen atoms in total. The van der Waals surface area contributed by atoms with Crippen molar-refractivity contribution in [2.24, 2.45) is 0 Å². The van der Waals surface area contributed by atoms with Gasteiger partial charge in [0.2, 0.25) is 0 Å². The van der Waals surface area contributed by atoms with Crippen LogP contribution in [-0.2, 0) is 25.5 Å². The van der Waals surface area contributed by atoms with Crippen LogP contribution in [0.1, 0.15) is 40.2 Å². The lowest BCUT2D eigenvalue weighted by Gasteiger charge is -2.27. The molecule has 0 unspecified atom stereocenters. The maximum atomic E-state index is 12.1. The van der Waals surface area contributed by atoms with Gasteiger partial charge in [0.1, 0.15) is 29.2 Å². The Morgan fingerprint density at radius 2 is 2.03 bits per heavy atom. The Balaban J connectivity index is 2.25. The number of carbonyl (C=O) groups excluding carboxylic acids is 1. The SMILES string of the molecule is COc1ccc(CN(O)[C@H](C#CC(=O)OC(C)(C)C)[C@H]2COC(C)(C)O2)c(OC)c1. The van der Waals surface area contributed by atoms with Gasteiger partial charge in [-0.2, -0.15) is 5.06 Å². The van der Waals surface area contributed by atoms with Crippen LogP contribution in [0.2, 0.25) is 0 Å². The molecule has 0 bridgehead atoms. The molecule has 0 spiro atoms. The number of hydrogen-bond donors (Lipinski definition) is 1. The standard InChI is InChI=1S/C22H31NO7/c1-21(2,3)30-20(24)11-10-17(19-14-28-22(4,5)29-19)23(25)13-15-8-9-16(26-6)12-18(15)27-7/h8-9,12,17,19,25H,13-14H2,1-7H3/t17-,19-/m1/s1. The third-order valence-electron chi connectivity index (χ3n) is 4.25. The van der Waals surface area contributed by atoms with E-state index >= 15 is 0 Å². The monoisotopic (exact) mass is 421 g/mol. The van der Waals surface area contributed by atoms with E-state index in [1.165, 1.54) is 7.11 Å². The van der Waals surface area contributed by atoms with Crippen LogP contribution in [0.5, 0.6) is 11.5 Å². The number of hydrogen-bond acceptors (Lipinski definition) is 8. The number of carbonyl (C=O) groups is 1. The maximum absolute atomic E-state index is 12.1. The summed E-state index contributed by atoms with van der Waals surface area (Å²) in [5.41, 5.74) is 0.0500. The van der Waals surface area contributed by atoms with E-state index in [2.05, 4.69) is 11.8 Å². The summed E-state index contributed by atoms with van der Waals surface area (Å²) in [5, 5.41) is 11.9. The molecule has 0 aromatic heterocycles. The van der Waals surface area contributed by atoms with Gasteiger partial charge in [-0.3, -0.25) is 0 Å². The highest BCUT2D eigenvalue weighted by Crippen LogP contribution is 2.29. The van der Waals surface area contributed by atoms with E-state index in [0.717, 1.165) is 5.06 Å². The molecule has 0 amide bonds. The summed E-state index contributed by atoms with van der Waals surface area (Å²) in [6.45, 7) is 9.14. The van der Waals surface area contributed by atoms with Crippen LogP contribution in [0, 0.1) is 11.8 Å². The first-order chi connectivity index (χ1) is 13.9. The summed E-state index contributed by atoms with van der Waals surface area (Å²) in [7, 11) is 3.10. The average molecular weight is 421 g/mol.